The van der Waals surface area contributed by atoms with Crippen molar-refractivity contribution in [3.05, 3.63) is 101 Å². The second kappa shape index (κ2) is 14.3. The molecule has 1 saturated heterocycles. The molecular weight excluding hydrogens is 524 g/mol. The van der Waals surface area contributed by atoms with Crippen LogP contribution in [0.4, 0.5) is 11.4 Å². The van der Waals surface area contributed by atoms with Gasteiger partial charge in [-0.05, 0) is 67.1 Å². The summed E-state index contributed by atoms with van der Waals surface area (Å²) in [6.07, 6.45) is 1.74. The Morgan fingerprint density at radius 3 is 2.50 bits per heavy atom. The summed E-state index contributed by atoms with van der Waals surface area (Å²) in [5, 5.41) is 7.12. The molecule has 3 aromatic carbocycles. The Bertz CT molecular complexity index is 1370. The lowest BCUT2D eigenvalue weighted by atomic mass is 10.1. The van der Waals surface area contributed by atoms with Gasteiger partial charge < -0.3 is 20.1 Å². The molecule has 2 N–H and O–H groups in total. The zero-order valence-corrected chi connectivity index (χ0v) is 23.8. The van der Waals surface area contributed by atoms with E-state index in [1.165, 1.54) is 18.7 Å². The molecule has 9 heteroatoms. The van der Waals surface area contributed by atoms with E-state index in [0.717, 1.165) is 22.6 Å². The lowest BCUT2D eigenvalue weighted by Crippen LogP contribution is -2.28. The summed E-state index contributed by atoms with van der Waals surface area (Å²) in [5.41, 5.74) is 4.04. The normalized spacial score (nSPS) is 15.1. The first-order valence-electron chi connectivity index (χ1n) is 13.1. The predicted octanol–water partition coefficient (Wildman–Crippen LogP) is 5.74. The number of anilines is 1. The summed E-state index contributed by atoms with van der Waals surface area (Å²) in [6.45, 7) is 6.20. The van der Waals surface area contributed by atoms with Crippen LogP contribution in [0.15, 0.2) is 88.9 Å². The average molecular weight is 559 g/mol. The maximum atomic E-state index is 13.5. The lowest BCUT2D eigenvalue weighted by Gasteiger charge is -2.16. The fourth-order valence-electron chi connectivity index (χ4n) is 3.99. The monoisotopic (exact) mass is 558 g/mol. The highest BCUT2D eigenvalue weighted by molar-refractivity contribution is 8.18. The van der Waals surface area contributed by atoms with Gasteiger partial charge in [-0.15, -0.1) is 0 Å². The number of amides is 1. The highest BCUT2D eigenvalue weighted by Gasteiger charge is 2.33. The third-order valence-electron chi connectivity index (χ3n) is 6.08. The number of benzene rings is 3. The van der Waals surface area contributed by atoms with Crippen molar-refractivity contribution in [2.45, 2.75) is 26.9 Å². The van der Waals surface area contributed by atoms with E-state index in [-0.39, 0.29) is 11.7 Å². The number of carbonyl (C=O) groups is 2. The number of nitrogens with zero attached hydrogens (tertiary/aromatic N) is 2. The largest absolute Gasteiger partial charge is 0.491 e. The minimum atomic E-state index is -0.130. The fraction of sp³-hybridized carbons (Fsp3) is 0.258. The molecule has 1 heterocycles. The van der Waals surface area contributed by atoms with Crippen molar-refractivity contribution >= 4 is 40.0 Å². The number of ether oxygens (including phenoxy) is 2. The third-order valence-corrected chi connectivity index (χ3v) is 7.08. The number of thioether (sulfide) groups is 1. The maximum Gasteiger partial charge on any atom is 0.268 e. The van der Waals surface area contributed by atoms with E-state index in [1.807, 2.05) is 67.6 Å². The molecule has 1 amide bonds. The molecule has 208 valence electrons. The summed E-state index contributed by atoms with van der Waals surface area (Å²) >= 11 is 1.31. The summed E-state index contributed by atoms with van der Waals surface area (Å²) in [5.74, 6) is 0.610. The summed E-state index contributed by atoms with van der Waals surface area (Å²) in [4.78, 5) is 32.7. The molecule has 0 aliphatic carbocycles. The molecule has 3 aromatic rings. The number of carbonyl (C=O) groups excluding carboxylic acids is 2. The van der Waals surface area contributed by atoms with E-state index in [4.69, 9.17) is 14.5 Å². The maximum absolute atomic E-state index is 13.5. The van der Waals surface area contributed by atoms with Gasteiger partial charge in [0.05, 0.1) is 29.4 Å². The molecule has 8 nitrogen and oxygen atoms in total. The standard InChI is InChI=1S/C31H34N4O4S/c1-4-33-27-15-12-25(22(2)36)18-28(27)34-31-35(21-24-8-6-5-7-9-24)30(37)29(40-31)20-32-19-23-10-13-26(14-11-23)39-17-16-38-3/h5-15,18,20,32-33H,4,16-17,19,21H2,1-3H3/b29-20-,34-31+. The molecule has 0 spiro atoms. The van der Waals surface area contributed by atoms with Crippen LogP contribution in [0, 0.1) is 0 Å². The second-order valence-electron chi connectivity index (χ2n) is 9.07. The van der Waals surface area contributed by atoms with Gasteiger partial charge in [-0.3, -0.25) is 14.5 Å². The van der Waals surface area contributed by atoms with Gasteiger partial charge >= 0.3 is 0 Å². The Balaban J connectivity index is 1.55. The molecule has 0 bridgehead atoms. The van der Waals surface area contributed by atoms with Crippen molar-refractivity contribution in [2.24, 2.45) is 4.99 Å². The van der Waals surface area contributed by atoms with Crippen LogP contribution in [0.25, 0.3) is 0 Å². The van der Waals surface area contributed by atoms with Crippen molar-refractivity contribution in [2.75, 3.05) is 32.2 Å². The first-order valence-corrected chi connectivity index (χ1v) is 14.0. The van der Waals surface area contributed by atoms with E-state index in [9.17, 15) is 9.59 Å². The zero-order chi connectivity index (χ0) is 28.3. The Morgan fingerprint density at radius 2 is 1.80 bits per heavy atom. The van der Waals surface area contributed by atoms with Gasteiger partial charge in [-0.1, -0.05) is 42.5 Å². The van der Waals surface area contributed by atoms with Crippen LogP contribution in [-0.4, -0.2) is 48.6 Å². The summed E-state index contributed by atoms with van der Waals surface area (Å²) < 4.78 is 10.6. The Kier molecular flexibility index (Phi) is 10.4. The number of amidine groups is 1. The zero-order valence-electron chi connectivity index (χ0n) is 23.0. The summed E-state index contributed by atoms with van der Waals surface area (Å²) in [7, 11) is 1.64. The van der Waals surface area contributed by atoms with Gasteiger partial charge in [0.25, 0.3) is 5.91 Å². The highest BCUT2D eigenvalue weighted by atomic mass is 32.2. The van der Waals surface area contributed by atoms with Crippen LogP contribution in [0.1, 0.15) is 35.3 Å². The van der Waals surface area contributed by atoms with Gasteiger partial charge in [0.2, 0.25) is 0 Å². The minimum absolute atomic E-state index is 0.0415. The van der Waals surface area contributed by atoms with Crippen molar-refractivity contribution in [1.29, 1.82) is 0 Å². The Hall–Kier alpha value is -4.08. The van der Waals surface area contributed by atoms with E-state index in [1.54, 1.807) is 30.3 Å². The van der Waals surface area contributed by atoms with Crippen molar-refractivity contribution < 1.29 is 19.1 Å². The smallest absolute Gasteiger partial charge is 0.268 e. The van der Waals surface area contributed by atoms with E-state index in [0.29, 0.717) is 54.2 Å². The molecule has 0 unspecified atom stereocenters. The van der Waals surface area contributed by atoms with E-state index in [2.05, 4.69) is 10.6 Å². The molecule has 1 aliphatic rings. The molecule has 0 radical (unpaired) electrons. The molecular formula is C31H34N4O4S. The van der Waals surface area contributed by atoms with Crippen LogP contribution >= 0.6 is 11.8 Å². The summed E-state index contributed by atoms with van der Waals surface area (Å²) in [6, 6.07) is 23.0. The molecule has 0 aromatic heterocycles. The van der Waals surface area contributed by atoms with Crippen LogP contribution in [0.5, 0.6) is 5.75 Å². The molecule has 1 aliphatic heterocycles. The van der Waals surface area contributed by atoms with Gasteiger partial charge in [-0.2, -0.15) is 0 Å². The number of rotatable bonds is 13. The SMILES string of the molecule is CCNc1ccc(C(C)=O)cc1/N=C1/S/C(=C\NCc2ccc(OCCOC)cc2)C(=O)N1Cc1ccccc1. The second-order valence-corrected chi connectivity index (χ2v) is 10.1. The van der Waals surface area contributed by atoms with Gasteiger partial charge in [0.15, 0.2) is 11.0 Å². The number of nitrogens with one attached hydrogen (secondary N) is 2. The van der Waals surface area contributed by atoms with Crippen LogP contribution in [0.2, 0.25) is 0 Å². The van der Waals surface area contributed by atoms with E-state index < -0.39 is 0 Å². The predicted molar refractivity (Wildman–Crippen MR) is 161 cm³/mol. The number of ketones is 1. The minimum Gasteiger partial charge on any atom is -0.491 e. The topological polar surface area (TPSA) is 92.3 Å². The average Bonchev–Trinajstić information content (AvgIpc) is 3.24. The van der Waals surface area contributed by atoms with Crippen molar-refractivity contribution in [3.8, 4) is 5.75 Å². The number of hydrogen-bond donors (Lipinski definition) is 2. The quantitative estimate of drug-likeness (QED) is 0.157. The molecule has 4 rings (SSSR count). The number of Topliss-reactive ketones (excluding diaryl/α,β-unsaturated/α-hetero) is 1. The molecule has 0 saturated carbocycles. The highest BCUT2D eigenvalue weighted by Crippen LogP contribution is 2.36. The van der Waals surface area contributed by atoms with Gasteiger partial charge in [0, 0.05) is 32.0 Å². The first kappa shape index (κ1) is 28.9. The molecule has 1 fully saturated rings. The Morgan fingerprint density at radius 1 is 1.02 bits per heavy atom. The van der Waals surface area contributed by atoms with E-state index >= 15 is 0 Å². The van der Waals surface area contributed by atoms with Crippen molar-refractivity contribution in [3.63, 3.8) is 0 Å². The fourth-order valence-corrected chi connectivity index (χ4v) is 4.93. The van der Waals surface area contributed by atoms with Crippen LogP contribution in [-0.2, 0) is 22.6 Å². The van der Waals surface area contributed by atoms with Gasteiger partial charge in [0.1, 0.15) is 12.4 Å². The van der Waals surface area contributed by atoms with Gasteiger partial charge in [-0.25, -0.2) is 4.99 Å². The van der Waals surface area contributed by atoms with Crippen LogP contribution < -0.4 is 15.4 Å². The third kappa shape index (κ3) is 7.74. The molecule has 40 heavy (non-hydrogen) atoms. The van der Waals surface area contributed by atoms with Crippen molar-refractivity contribution in [1.82, 2.24) is 10.2 Å². The first-order chi connectivity index (χ1) is 19.5. The number of hydrogen-bond acceptors (Lipinski definition) is 8. The lowest BCUT2D eigenvalue weighted by molar-refractivity contribution is -0.122. The number of methoxy groups -OCH3 is 1. The molecule has 0 atom stereocenters. The number of aliphatic imine (C=N–C) groups is 1. The van der Waals surface area contributed by atoms with Crippen LogP contribution in [0.3, 0.4) is 0 Å². The Labute approximate surface area is 239 Å².